The molecule has 23 heavy (non-hydrogen) atoms. The second kappa shape index (κ2) is 6.79. The Bertz CT molecular complexity index is 718. The summed E-state index contributed by atoms with van der Waals surface area (Å²) in [6.07, 6.45) is 8.73. The summed E-state index contributed by atoms with van der Waals surface area (Å²) >= 11 is 2.34. The van der Waals surface area contributed by atoms with Gasteiger partial charge in [0.25, 0.3) is 0 Å². The largest absolute Gasteiger partial charge is 0.497 e. The minimum Gasteiger partial charge on any atom is -0.497 e. The van der Waals surface area contributed by atoms with Crippen molar-refractivity contribution in [2.24, 2.45) is 0 Å². The quantitative estimate of drug-likeness (QED) is 0.694. The molecule has 2 nitrogen and oxygen atoms in total. The lowest BCUT2D eigenvalue weighted by Gasteiger charge is -2.37. The summed E-state index contributed by atoms with van der Waals surface area (Å²) in [5.41, 5.74) is 2.32. The zero-order valence-corrected chi connectivity index (χ0v) is 15.4. The molecule has 2 aromatic carbocycles. The third-order valence-corrected chi connectivity index (χ3v) is 5.10. The number of halogens is 1. The van der Waals surface area contributed by atoms with E-state index < -0.39 is 0 Å². The first kappa shape index (κ1) is 16.1. The topological polar surface area (TPSA) is 21.3 Å². The van der Waals surface area contributed by atoms with E-state index in [1.54, 1.807) is 7.11 Å². The fourth-order valence-electron chi connectivity index (χ4n) is 2.88. The van der Waals surface area contributed by atoms with E-state index in [0.717, 1.165) is 11.4 Å². The number of ether oxygens (including phenoxy) is 1. The Morgan fingerprint density at radius 1 is 1.00 bits per heavy atom. The highest BCUT2D eigenvalue weighted by Gasteiger charge is 2.33. The van der Waals surface area contributed by atoms with E-state index in [0.29, 0.717) is 0 Å². The van der Waals surface area contributed by atoms with Crippen LogP contribution >= 0.6 is 22.6 Å². The van der Waals surface area contributed by atoms with Crippen LogP contribution in [0.3, 0.4) is 0 Å². The normalized spacial score (nSPS) is 22.8. The van der Waals surface area contributed by atoms with Crippen LogP contribution in [-0.2, 0) is 5.41 Å². The number of rotatable bonds is 4. The van der Waals surface area contributed by atoms with Gasteiger partial charge in [-0.25, -0.2) is 0 Å². The van der Waals surface area contributed by atoms with Crippen LogP contribution in [0.15, 0.2) is 72.8 Å². The van der Waals surface area contributed by atoms with Crippen molar-refractivity contribution in [3.63, 3.8) is 0 Å². The Hall–Kier alpha value is -1.75. The summed E-state index contributed by atoms with van der Waals surface area (Å²) in [6, 6.07) is 17.0. The van der Waals surface area contributed by atoms with Crippen molar-refractivity contribution in [3.8, 4) is 5.75 Å². The van der Waals surface area contributed by atoms with Gasteiger partial charge in [0.2, 0.25) is 0 Å². The monoisotopic (exact) mass is 417 g/mol. The molecular formula is C20H20INO. The van der Waals surface area contributed by atoms with Crippen LogP contribution in [0.4, 0.5) is 5.69 Å². The average molecular weight is 417 g/mol. The Morgan fingerprint density at radius 3 is 2.35 bits per heavy atom. The molecule has 1 N–H and O–H groups in total. The van der Waals surface area contributed by atoms with Crippen molar-refractivity contribution in [3.05, 3.63) is 82.0 Å². The van der Waals surface area contributed by atoms with Gasteiger partial charge in [0.15, 0.2) is 0 Å². The molecule has 2 atom stereocenters. The highest BCUT2D eigenvalue weighted by atomic mass is 127. The van der Waals surface area contributed by atoms with E-state index >= 15 is 0 Å². The first-order chi connectivity index (χ1) is 11.1. The molecule has 0 aromatic heterocycles. The van der Waals surface area contributed by atoms with Gasteiger partial charge in [-0.15, -0.1) is 0 Å². The number of anilines is 1. The Morgan fingerprint density at radius 2 is 1.70 bits per heavy atom. The van der Waals surface area contributed by atoms with Gasteiger partial charge in [0, 0.05) is 14.7 Å². The van der Waals surface area contributed by atoms with Gasteiger partial charge in [0.05, 0.1) is 13.2 Å². The first-order valence-corrected chi connectivity index (χ1v) is 8.72. The van der Waals surface area contributed by atoms with Crippen LogP contribution < -0.4 is 10.1 Å². The van der Waals surface area contributed by atoms with Gasteiger partial charge >= 0.3 is 0 Å². The molecule has 2 aromatic rings. The summed E-state index contributed by atoms with van der Waals surface area (Å²) in [5.74, 6) is 0.870. The lowest BCUT2D eigenvalue weighted by molar-refractivity contribution is 0.415. The van der Waals surface area contributed by atoms with Crippen LogP contribution in [0.2, 0.25) is 0 Å². The van der Waals surface area contributed by atoms with Crippen molar-refractivity contribution in [2.75, 3.05) is 12.4 Å². The molecule has 0 bridgehead atoms. The third kappa shape index (κ3) is 3.44. The number of hydrogen-bond donors (Lipinski definition) is 1. The van der Waals surface area contributed by atoms with Crippen LogP contribution in [0.1, 0.15) is 12.5 Å². The smallest absolute Gasteiger partial charge is 0.119 e. The molecule has 0 amide bonds. The molecule has 0 radical (unpaired) electrons. The van der Waals surface area contributed by atoms with Crippen molar-refractivity contribution < 1.29 is 4.74 Å². The molecule has 1 aliphatic rings. The fourth-order valence-corrected chi connectivity index (χ4v) is 3.24. The number of benzene rings is 2. The van der Waals surface area contributed by atoms with Gasteiger partial charge in [0.1, 0.15) is 5.75 Å². The summed E-state index contributed by atoms with van der Waals surface area (Å²) in [4.78, 5) is 0. The molecule has 0 heterocycles. The molecule has 2 unspecified atom stereocenters. The molecule has 118 valence electrons. The summed E-state index contributed by atoms with van der Waals surface area (Å²) in [6.45, 7) is 2.27. The van der Waals surface area contributed by atoms with Crippen molar-refractivity contribution in [1.29, 1.82) is 0 Å². The van der Waals surface area contributed by atoms with Crippen molar-refractivity contribution >= 4 is 28.3 Å². The highest BCUT2D eigenvalue weighted by Crippen LogP contribution is 2.34. The van der Waals surface area contributed by atoms with Crippen molar-refractivity contribution in [2.45, 2.75) is 18.4 Å². The number of hydrogen-bond acceptors (Lipinski definition) is 2. The summed E-state index contributed by atoms with van der Waals surface area (Å²) < 4.78 is 6.48. The lowest BCUT2D eigenvalue weighted by Crippen LogP contribution is -2.40. The molecule has 0 fully saturated rings. The Balaban J connectivity index is 1.87. The molecule has 0 spiro atoms. The van der Waals surface area contributed by atoms with E-state index in [4.69, 9.17) is 4.74 Å². The molecule has 0 saturated carbocycles. The van der Waals surface area contributed by atoms with Crippen LogP contribution in [0, 0.1) is 3.57 Å². The minimum absolute atomic E-state index is 0.0843. The molecule has 1 aliphatic carbocycles. The zero-order chi connectivity index (χ0) is 16.3. The third-order valence-electron chi connectivity index (χ3n) is 4.38. The highest BCUT2D eigenvalue weighted by molar-refractivity contribution is 14.1. The number of nitrogens with one attached hydrogen (secondary N) is 1. The number of allylic oxidation sites excluding steroid dienone is 2. The van der Waals surface area contributed by atoms with E-state index in [9.17, 15) is 0 Å². The number of methoxy groups -OCH3 is 1. The second-order valence-electron chi connectivity index (χ2n) is 5.88. The van der Waals surface area contributed by atoms with E-state index in [-0.39, 0.29) is 11.5 Å². The Kier molecular flexibility index (Phi) is 4.76. The van der Waals surface area contributed by atoms with Gasteiger partial charge in [-0.2, -0.15) is 0 Å². The predicted molar refractivity (Wildman–Crippen MR) is 105 cm³/mol. The summed E-state index contributed by atoms with van der Waals surface area (Å²) in [5, 5.41) is 3.64. The van der Waals surface area contributed by atoms with E-state index in [2.05, 4.69) is 95.5 Å². The summed E-state index contributed by atoms with van der Waals surface area (Å²) in [7, 11) is 1.69. The molecule has 3 rings (SSSR count). The maximum Gasteiger partial charge on any atom is 0.119 e. The van der Waals surface area contributed by atoms with Gasteiger partial charge in [-0.3, -0.25) is 0 Å². The van der Waals surface area contributed by atoms with Crippen LogP contribution in [-0.4, -0.2) is 13.2 Å². The van der Waals surface area contributed by atoms with Crippen molar-refractivity contribution in [1.82, 2.24) is 0 Å². The molecule has 0 saturated heterocycles. The van der Waals surface area contributed by atoms with Gasteiger partial charge in [-0.1, -0.05) is 36.4 Å². The fraction of sp³-hybridized carbons (Fsp3) is 0.200. The predicted octanol–water partition coefficient (Wildman–Crippen LogP) is 5.16. The van der Waals surface area contributed by atoms with E-state index in [1.807, 2.05) is 12.1 Å². The molecule has 0 aliphatic heterocycles. The van der Waals surface area contributed by atoms with E-state index in [1.165, 1.54) is 9.13 Å². The standard InChI is InChI=1S/C20H20INO/c1-20(15-6-8-16(21)9-7-15)14-4-3-5-19(20)22-17-10-12-18(23-2)13-11-17/h3-14,19,22H,1-2H3. The maximum absolute atomic E-state index is 5.23. The first-order valence-electron chi connectivity index (χ1n) is 7.64. The average Bonchev–Trinajstić information content (AvgIpc) is 2.58. The molecule has 3 heteroatoms. The zero-order valence-electron chi connectivity index (χ0n) is 13.3. The molecular weight excluding hydrogens is 397 g/mol. The second-order valence-corrected chi connectivity index (χ2v) is 7.13. The van der Waals surface area contributed by atoms with Crippen LogP contribution in [0.5, 0.6) is 5.75 Å². The van der Waals surface area contributed by atoms with Gasteiger partial charge < -0.3 is 10.1 Å². The maximum atomic E-state index is 5.23. The van der Waals surface area contributed by atoms with Gasteiger partial charge in [-0.05, 0) is 71.5 Å². The Labute approximate surface area is 151 Å². The lowest BCUT2D eigenvalue weighted by atomic mass is 9.73. The van der Waals surface area contributed by atoms with Crippen LogP contribution in [0.25, 0.3) is 0 Å². The minimum atomic E-state index is -0.0843. The SMILES string of the molecule is COc1ccc(NC2C=CC=CC2(C)c2ccc(I)cc2)cc1.